The predicted molar refractivity (Wildman–Crippen MR) is 89.1 cm³/mol. The minimum Gasteiger partial charge on any atom is -0.348 e. The van der Waals surface area contributed by atoms with Crippen LogP contribution < -0.4 is 5.32 Å². The maximum absolute atomic E-state index is 13.7. The molecule has 1 amide bonds. The number of benzene rings is 2. The molecule has 0 saturated carbocycles. The first kappa shape index (κ1) is 17.6. The second-order valence-electron chi connectivity index (χ2n) is 5.47. The molecule has 0 radical (unpaired) electrons. The monoisotopic (exact) mass is 382 g/mol. The lowest BCUT2D eigenvalue weighted by Gasteiger charge is -2.12. The molecule has 0 fully saturated rings. The van der Waals surface area contributed by atoms with E-state index in [1.54, 1.807) is 12.1 Å². The van der Waals surface area contributed by atoms with E-state index in [9.17, 15) is 13.6 Å². The molecule has 2 rings (SSSR count). The standard InChI is InChI=1S/C17H17BrF2N2O/c1-22(2)10-12-7-11(3-5-15(12)19)9-21-17(23)14-8-13(18)4-6-16(14)20/h3-8H,9-10H2,1-2H3,(H,21,23). The number of halogens is 3. The SMILES string of the molecule is CN(C)Cc1cc(CNC(=O)c2cc(Br)ccc2F)ccc1F. The van der Waals surface area contributed by atoms with Gasteiger partial charge in [0.15, 0.2) is 0 Å². The number of hydrogen-bond donors (Lipinski definition) is 1. The van der Waals surface area contributed by atoms with Crippen molar-refractivity contribution in [1.29, 1.82) is 0 Å². The maximum atomic E-state index is 13.7. The molecule has 0 spiro atoms. The third-order valence-electron chi connectivity index (χ3n) is 3.22. The summed E-state index contributed by atoms with van der Waals surface area (Å²) in [5, 5.41) is 2.65. The largest absolute Gasteiger partial charge is 0.348 e. The van der Waals surface area contributed by atoms with E-state index in [4.69, 9.17) is 0 Å². The molecular weight excluding hydrogens is 366 g/mol. The highest BCUT2D eigenvalue weighted by molar-refractivity contribution is 9.10. The van der Waals surface area contributed by atoms with Gasteiger partial charge in [0.05, 0.1) is 5.56 Å². The molecule has 1 N–H and O–H groups in total. The van der Waals surface area contributed by atoms with Crippen LogP contribution in [-0.4, -0.2) is 24.9 Å². The highest BCUT2D eigenvalue weighted by Gasteiger charge is 2.12. The third-order valence-corrected chi connectivity index (χ3v) is 3.72. The predicted octanol–water partition coefficient (Wildman–Crippen LogP) is 3.72. The maximum Gasteiger partial charge on any atom is 0.254 e. The lowest BCUT2D eigenvalue weighted by molar-refractivity contribution is 0.0947. The van der Waals surface area contributed by atoms with Crippen LogP contribution in [0.3, 0.4) is 0 Å². The third kappa shape index (κ3) is 4.84. The van der Waals surface area contributed by atoms with Crippen LogP contribution in [0.1, 0.15) is 21.5 Å². The van der Waals surface area contributed by atoms with Crippen LogP contribution >= 0.6 is 15.9 Å². The Morgan fingerprint density at radius 1 is 1.13 bits per heavy atom. The van der Waals surface area contributed by atoms with E-state index in [2.05, 4.69) is 21.2 Å². The number of carbonyl (C=O) groups excluding carboxylic acids is 1. The van der Waals surface area contributed by atoms with Crippen LogP contribution in [0.15, 0.2) is 40.9 Å². The number of rotatable bonds is 5. The van der Waals surface area contributed by atoms with Gasteiger partial charge in [0.2, 0.25) is 0 Å². The molecule has 0 aromatic heterocycles. The molecule has 0 heterocycles. The molecule has 0 aliphatic heterocycles. The van der Waals surface area contributed by atoms with Crippen LogP contribution in [-0.2, 0) is 13.1 Å². The summed E-state index contributed by atoms with van der Waals surface area (Å²) in [6, 6.07) is 8.86. The van der Waals surface area contributed by atoms with Crippen molar-refractivity contribution in [3.8, 4) is 0 Å². The van der Waals surface area contributed by atoms with Gasteiger partial charge in [-0.15, -0.1) is 0 Å². The average molecular weight is 383 g/mol. The van der Waals surface area contributed by atoms with Crippen molar-refractivity contribution in [2.75, 3.05) is 14.1 Å². The van der Waals surface area contributed by atoms with Gasteiger partial charge in [0.1, 0.15) is 11.6 Å². The van der Waals surface area contributed by atoms with Gasteiger partial charge < -0.3 is 10.2 Å². The van der Waals surface area contributed by atoms with Crippen LogP contribution in [0.25, 0.3) is 0 Å². The first-order valence-electron chi connectivity index (χ1n) is 7.02. The average Bonchev–Trinajstić information content (AvgIpc) is 2.49. The van der Waals surface area contributed by atoms with Crippen molar-refractivity contribution in [2.45, 2.75) is 13.1 Å². The van der Waals surface area contributed by atoms with Crippen molar-refractivity contribution < 1.29 is 13.6 Å². The Morgan fingerprint density at radius 3 is 2.52 bits per heavy atom. The Morgan fingerprint density at radius 2 is 1.83 bits per heavy atom. The minimum atomic E-state index is -0.585. The number of nitrogens with zero attached hydrogens (tertiary/aromatic N) is 1. The Hall–Kier alpha value is -1.79. The highest BCUT2D eigenvalue weighted by Crippen LogP contribution is 2.16. The molecule has 0 unspecified atom stereocenters. The van der Waals surface area contributed by atoms with Crippen molar-refractivity contribution in [1.82, 2.24) is 10.2 Å². The topological polar surface area (TPSA) is 32.3 Å². The van der Waals surface area contributed by atoms with E-state index in [-0.39, 0.29) is 17.9 Å². The number of carbonyl (C=O) groups is 1. The highest BCUT2D eigenvalue weighted by atomic mass is 79.9. The summed E-state index contributed by atoms with van der Waals surface area (Å²) >= 11 is 3.21. The normalized spacial score (nSPS) is 10.9. The van der Waals surface area contributed by atoms with Gasteiger partial charge >= 0.3 is 0 Å². The van der Waals surface area contributed by atoms with Gasteiger partial charge in [0, 0.05) is 23.1 Å². The van der Waals surface area contributed by atoms with E-state index in [1.165, 1.54) is 24.3 Å². The number of amides is 1. The molecule has 2 aromatic rings. The van der Waals surface area contributed by atoms with Crippen molar-refractivity contribution in [3.05, 3.63) is 69.2 Å². The lowest BCUT2D eigenvalue weighted by atomic mass is 10.1. The van der Waals surface area contributed by atoms with Gasteiger partial charge in [-0.3, -0.25) is 4.79 Å². The van der Waals surface area contributed by atoms with Crippen LogP contribution in [0, 0.1) is 11.6 Å². The second kappa shape index (κ2) is 7.66. The zero-order valence-corrected chi connectivity index (χ0v) is 14.5. The molecule has 6 heteroatoms. The Bertz CT molecular complexity index is 720. The first-order chi connectivity index (χ1) is 10.9. The van der Waals surface area contributed by atoms with E-state index in [0.717, 1.165) is 5.56 Å². The van der Waals surface area contributed by atoms with Crippen molar-refractivity contribution in [3.63, 3.8) is 0 Å². The fraction of sp³-hybridized carbons (Fsp3) is 0.235. The molecule has 0 bridgehead atoms. The molecule has 0 saturated heterocycles. The summed E-state index contributed by atoms with van der Waals surface area (Å²) in [6.45, 7) is 0.666. The van der Waals surface area contributed by atoms with Crippen LogP contribution in [0.5, 0.6) is 0 Å². The Kier molecular flexibility index (Phi) is 5.85. The molecule has 23 heavy (non-hydrogen) atoms. The smallest absolute Gasteiger partial charge is 0.254 e. The fourth-order valence-electron chi connectivity index (χ4n) is 2.15. The molecule has 0 aliphatic carbocycles. The molecule has 122 valence electrons. The zero-order chi connectivity index (χ0) is 17.0. The van der Waals surface area contributed by atoms with E-state index >= 15 is 0 Å². The molecule has 3 nitrogen and oxygen atoms in total. The zero-order valence-electron chi connectivity index (χ0n) is 12.9. The van der Waals surface area contributed by atoms with Gasteiger partial charge in [-0.05, 0) is 50.0 Å². The fourth-order valence-corrected chi connectivity index (χ4v) is 2.51. The number of nitrogens with one attached hydrogen (secondary N) is 1. The van der Waals surface area contributed by atoms with Gasteiger partial charge in [-0.1, -0.05) is 22.0 Å². The van der Waals surface area contributed by atoms with Crippen molar-refractivity contribution >= 4 is 21.8 Å². The van der Waals surface area contributed by atoms with Crippen molar-refractivity contribution in [2.24, 2.45) is 0 Å². The van der Waals surface area contributed by atoms with Crippen LogP contribution in [0.2, 0.25) is 0 Å². The summed E-state index contributed by atoms with van der Waals surface area (Å²) in [5.41, 5.74) is 1.28. The molecule has 0 atom stereocenters. The van der Waals surface area contributed by atoms with Gasteiger partial charge in [-0.25, -0.2) is 8.78 Å². The van der Waals surface area contributed by atoms with Gasteiger partial charge in [-0.2, -0.15) is 0 Å². The quantitative estimate of drug-likeness (QED) is 0.854. The Labute approximate surface area is 142 Å². The molecular formula is C17H17BrF2N2O. The number of hydrogen-bond acceptors (Lipinski definition) is 2. The molecule has 2 aromatic carbocycles. The summed E-state index contributed by atoms with van der Waals surface area (Å²) in [5.74, 6) is -1.38. The minimum absolute atomic E-state index is 0.0324. The summed E-state index contributed by atoms with van der Waals surface area (Å²) < 4.78 is 28.0. The molecule has 0 aliphatic rings. The lowest BCUT2D eigenvalue weighted by Crippen LogP contribution is -2.24. The Balaban J connectivity index is 2.08. The van der Waals surface area contributed by atoms with E-state index < -0.39 is 11.7 Å². The summed E-state index contributed by atoms with van der Waals surface area (Å²) in [6.07, 6.45) is 0. The second-order valence-corrected chi connectivity index (χ2v) is 6.39. The van der Waals surface area contributed by atoms with E-state index in [0.29, 0.717) is 16.6 Å². The summed E-state index contributed by atoms with van der Waals surface area (Å²) in [7, 11) is 3.70. The van der Waals surface area contributed by atoms with Crippen LogP contribution in [0.4, 0.5) is 8.78 Å². The van der Waals surface area contributed by atoms with E-state index in [1.807, 2.05) is 19.0 Å². The summed E-state index contributed by atoms with van der Waals surface area (Å²) in [4.78, 5) is 13.9. The van der Waals surface area contributed by atoms with Gasteiger partial charge in [0.25, 0.3) is 5.91 Å². The first-order valence-corrected chi connectivity index (χ1v) is 7.81.